The predicted molar refractivity (Wildman–Crippen MR) is 38.7 cm³/mol. The van der Waals surface area contributed by atoms with E-state index < -0.39 is 14.3 Å². The fourth-order valence-corrected chi connectivity index (χ4v) is 1.12. The zero-order valence-electron chi connectivity index (χ0n) is 6.30. The molecule has 1 saturated heterocycles. The van der Waals surface area contributed by atoms with Crippen molar-refractivity contribution >= 4 is 14.3 Å². The summed E-state index contributed by atoms with van der Waals surface area (Å²) in [5, 5.41) is 0. The highest BCUT2D eigenvalue weighted by atomic mass is 31.1. The van der Waals surface area contributed by atoms with Crippen LogP contribution in [0, 0.1) is 0 Å². The van der Waals surface area contributed by atoms with Gasteiger partial charge in [0.1, 0.15) is 0 Å². The Kier molecular flexibility index (Phi) is 3.40. The Balaban J connectivity index is 2.34. The molecule has 1 atom stereocenters. The van der Waals surface area contributed by atoms with Gasteiger partial charge in [0.2, 0.25) is 0 Å². The Morgan fingerprint density at radius 2 is 2.08 bits per heavy atom. The molecular weight excluding hydrogens is 185 g/mol. The number of hydrogen-bond donors (Lipinski definition) is 1. The number of nitrogens with zero attached hydrogens (tertiary/aromatic N) is 1. The number of carbonyl (C=O) groups excluding carboxylic acids is 1. The molecule has 1 heterocycles. The third-order valence-corrected chi connectivity index (χ3v) is 1.74. The fraction of sp³-hybridized carbons (Fsp3) is 0.800. The van der Waals surface area contributed by atoms with E-state index in [4.69, 9.17) is 9.63 Å². The zero-order chi connectivity index (χ0) is 8.97. The summed E-state index contributed by atoms with van der Waals surface area (Å²) >= 11 is 0. The van der Waals surface area contributed by atoms with Crippen molar-refractivity contribution in [3.05, 3.63) is 0 Å². The minimum Gasteiger partial charge on any atom is -0.378 e. The first-order valence-corrected chi connectivity index (χ1v) is 4.54. The molecule has 7 heteroatoms. The summed E-state index contributed by atoms with van der Waals surface area (Å²) in [6.45, 7) is 1.69. The number of ether oxygens (including phenoxy) is 1. The number of hydrogen-bond acceptors (Lipinski definition) is 4. The fourth-order valence-electron chi connectivity index (χ4n) is 0.870. The maximum absolute atomic E-state index is 10.9. The normalized spacial score (nSPS) is 18.8. The van der Waals surface area contributed by atoms with E-state index in [1.807, 2.05) is 0 Å². The summed E-state index contributed by atoms with van der Waals surface area (Å²) in [5.41, 5.74) is 0. The Morgan fingerprint density at radius 3 is 2.58 bits per heavy atom. The summed E-state index contributed by atoms with van der Waals surface area (Å²) in [4.78, 5) is 20.5. The molecule has 1 fully saturated rings. The smallest absolute Gasteiger partial charge is 0.378 e. The lowest BCUT2D eigenvalue weighted by Gasteiger charge is -2.23. The van der Waals surface area contributed by atoms with Crippen LogP contribution in [0.1, 0.15) is 0 Å². The van der Waals surface area contributed by atoms with E-state index in [-0.39, 0.29) is 0 Å². The zero-order valence-corrected chi connectivity index (χ0v) is 7.20. The predicted octanol–water partition coefficient (Wildman–Crippen LogP) is 0.105. The van der Waals surface area contributed by atoms with Gasteiger partial charge in [0.25, 0.3) is 0 Å². The lowest BCUT2D eigenvalue weighted by atomic mass is 10.5. The van der Waals surface area contributed by atoms with Crippen LogP contribution >= 0.6 is 8.25 Å². The van der Waals surface area contributed by atoms with Gasteiger partial charge in [-0.05, 0) is 0 Å². The standard InChI is InChI=1S/C5H8NO5P/c7-5(11-12(8)9)6-1-3-10-4-2-6/h1-4H2/p+1. The molecule has 0 aromatic heterocycles. The molecule has 0 aromatic rings. The molecule has 0 aromatic carbocycles. The topological polar surface area (TPSA) is 76.1 Å². The van der Waals surface area contributed by atoms with Gasteiger partial charge in [0.05, 0.1) is 13.2 Å². The first-order valence-electron chi connectivity index (χ1n) is 3.41. The molecule has 1 aliphatic rings. The van der Waals surface area contributed by atoms with E-state index in [1.165, 1.54) is 4.90 Å². The molecule has 6 nitrogen and oxygen atoms in total. The van der Waals surface area contributed by atoms with E-state index in [9.17, 15) is 9.36 Å². The molecule has 12 heavy (non-hydrogen) atoms. The molecule has 1 aliphatic heterocycles. The van der Waals surface area contributed by atoms with Crippen LogP contribution in [0.3, 0.4) is 0 Å². The van der Waals surface area contributed by atoms with Crippen LogP contribution in [0.4, 0.5) is 4.79 Å². The maximum Gasteiger partial charge on any atom is 0.752 e. The highest BCUT2D eigenvalue weighted by molar-refractivity contribution is 7.32. The number of carbonyl (C=O) groups is 1. The molecule has 0 spiro atoms. The molecule has 1 unspecified atom stereocenters. The molecular formula is C5H9NO5P+. The van der Waals surface area contributed by atoms with Gasteiger partial charge in [-0.1, -0.05) is 0 Å². The van der Waals surface area contributed by atoms with Crippen molar-refractivity contribution in [3.63, 3.8) is 0 Å². The molecule has 1 N–H and O–H groups in total. The first-order chi connectivity index (χ1) is 5.70. The van der Waals surface area contributed by atoms with E-state index >= 15 is 0 Å². The lowest BCUT2D eigenvalue weighted by molar-refractivity contribution is 0.0413. The van der Waals surface area contributed by atoms with Crippen molar-refractivity contribution in [1.82, 2.24) is 4.90 Å². The molecule has 0 saturated carbocycles. The van der Waals surface area contributed by atoms with E-state index in [0.717, 1.165) is 0 Å². The summed E-state index contributed by atoms with van der Waals surface area (Å²) in [6, 6.07) is 0. The van der Waals surface area contributed by atoms with Crippen LogP contribution in [0.2, 0.25) is 0 Å². The minimum absolute atomic E-state index is 0.405. The molecule has 1 amide bonds. The monoisotopic (exact) mass is 194 g/mol. The van der Waals surface area contributed by atoms with Crippen LogP contribution in [-0.2, 0) is 13.8 Å². The highest BCUT2D eigenvalue weighted by Crippen LogP contribution is 2.16. The van der Waals surface area contributed by atoms with Gasteiger partial charge in [-0.25, -0.2) is 4.79 Å². The maximum atomic E-state index is 10.9. The van der Waals surface area contributed by atoms with E-state index in [1.54, 1.807) is 0 Å². The Hall–Kier alpha value is -0.710. The van der Waals surface area contributed by atoms with Gasteiger partial charge in [-0.2, -0.15) is 4.52 Å². The Labute approximate surface area is 70.0 Å². The van der Waals surface area contributed by atoms with Crippen molar-refractivity contribution in [2.75, 3.05) is 26.3 Å². The van der Waals surface area contributed by atoms with Gasteiger partial charge < -0.3 is 4.74 Å². The highest BCUT2D eigenvalue weighted by Gasteiger charge is 2.27. The second-order valence-corrected chi connectivity index (χ2v) is 2.85. The van der Waals surface area contributed by atoms with Crippen molar-refractivity contribution in [2.45, 2.75) is 0 Å². The van der Waals surface area contributed by atoms with Crippen LogP contribution in [0.5, 0.6) is 0 Å². The van der Waals surface area contributed by atoms with Crippen molar-refractivity contribution in [3.8, 4) is 0 Å². The van der Waals surface area contributed by atoms with Crippen LogP contribution in [0.25, 0.3) is 0 Å². The van der Waals surface area contributed by atoms with Crippen LogP contribution in [0.15, 0.2) is 0 Å². The summed E-state index contributed by atoms with van der Waals surface area (Å²) in [5.74, 6) is 0. The van der Waals surface area contributed by atoms with E-state index in [2.05, 4.69) is 4.52 Å². The van der Waals surface area contributed by atoms with Crippen LogP contribution < -0.4 is 0 Å². The van der Waals surface area contributed by atoms with E-state index in [0.29, 0.717) is 26.3 Å². The third-order valence-electron chi connectivity index (χ3n) is 1.43. The van der Waals surface area contributed by atoms with Crippen molar-refractivity contribution in [1.29, 1.82) is 0 Å². The Bertz CT molecular complexity index is 190. The molecule has 1 rings (SSSR count). The average molecular weight is 194 g/mol. The second-order valence-electron chi connectivity index (χ2n) is 2.19. The van der Waals surface area contributed by atoms with Gasteiger partial charge in [0.15, 0.2) is 0 Å². The second kappa shape index (κ2) is 4.35. The molecule has 0 aliphatic carbocycles. The van der Waals surface area contributed by atoms with Crippen molar-refractivity contribution < 1.29 is 23.5 Å². The summed E-state index contributed by atoms with van der Waals surface area (Å²) < 4.78 is 19.2. The minimum atomic E-state index is -2.85. The number of morpholine rings is 1. The van der Waals surface area contributed by atoms with Crippen molar-refractivity contribution in [2.24, 2.45) is 0 Å². The molecule has 0 bridgehead atoms. The first kappa shape index (κ1) is 9.38. The molecule has 0 radical (unpaired) electrons. The number of rotatable bonds is 1. The third kappa shape index (κ3) is 2.73. The van der Waals surface area contributed by atoms with Gasteiger partial charge >= 0.3 is 14.3 Å². The summed E-state index contributed by atoms with van der Waals surface area (Å²) in [7, 11) is -2.85. The quantitative estimate of drug-likeness (QED) is 0.599. The van der Waals surface area contributed by atoms with Gasteiger partial charge in [-0.15, -0.1) is 4.89 Å². The average Bonchev–Trinajstić information content (AvgIpc) is 2.05. The lowest BCUT2D eigenvalue weighted by Crippen LogP contribution is -2.40. The Morgan fingerprint density at radius 1 is 1.50 bits per heavy atom. The van der Waals surface area contributed by atoms with Gasteiger partial charge in [-0.3, -0.25) is 4.90 Å². The SMILES string of the molecule is O=C(O[P+](=O)O)N1CCOCC1. The summed E-state index contributed by atoms with van der Waals surface area (Å²) in [6.07, 6.45) is -0.762. The molecule has 68 valence electrons. The van der Waals surface area contributed by atoms with Crippen LogP contribution in [-0.4, -0.2) is 42.2 Å². The van der Waals surface area contributed by atoms with Gasteiger partial charge in [0, 0.05) is 17.7 Å². The number of amides is 1. The largest absolute Gasteiger partial charge is 0.752 e.